The molecule has 4 nitrogen and oxygen atoms in total. The monoisotopic (exact) mass is 316 g/mol. The zero-order chi connectivity index (χ0) is 16.8. The van der Waals surface area contributed by atoms with Crippen LogP contribution in [-0.4, -0.2) is 24.5 Å². The molecule has 4 atom stereocenters. The lowest BCUT2D eigenvalue weighted by molar-refractivity contribution is -0.197. The van der Waals surface area contributed by atoms with E-state index in [9.17, 15) is 9.59 Å². The maximum Gasteiger partial charge on any atom is 0.337 e. The van der Waals surface area contributed by atoms with Crippen molar-refractivity contribution in [2.75, 3.05) is 7.11 Å². The first-order chi connectivity index (χ1) is 10.8. The Bertz CT molecular complexity index is 617. The van der Waals surface area contributed by atoms with Crippen LogP contribution in [0.15, 0.2) is 24.3 Å². The molecule has 0 amide bonds. The molecule has 2 fully saturated rings. The van der Waals surface area contributed by atoms with Crippen molar-refractivity contribution in [3.8, 4) is 0 Å². The Kier molecular flexibility index (Phi) is 4.05. The Morgan fingerprint density at radius 2 is 1.91 bits per heavy atom. The largest absolute Gasteiger partial charge is 0.465 e. The van der Waals surface area contributed by atoms with Crippen LogP contribution in [0, 0.1) is 17.8 Å². The summed E-state index contributed by atoms with van der Waals surface area (Å²) in [4.78, 5) is 23.9. The predicted molar refractivity (Wildman–Crippen MR) is 86.1 cm³/mol. The Morgan fingerprint density at radius 3 is 2.52 bits per heavy atom. The van der Waals surface area contributed by atoms with E-state index in [-0.39, 0.29) is 29.5 Å². The number of methoxy groups -OCH3 is 1. The van der Waals surface area contributed by atoms with Crippen LogP contribution in [0.5, 0.6) is 0 Å². The van der Waals surface area contributed by atoms with Gasteiger partial charge in [-0.1, -0.05) is 19.1 Å². The second-order valence-electron chi connectivity index (χ2n) is 7.31. The number of carbonyl (C=O) groups is 2. The van der Waals surface area contributed by atoms with E-state index in [0.717, 1.165) is 12.0 Å². The van der Waals surface area contributed by atoms with Gasteiger partial charge in [-0.3, -0.25) is 4.79 Å². The molecule has 1 saturated heterocycles. The number of hydrogen-bond acceptors (Lipinski definition) is 4. The van der Waals surface area contributed by atoms with Crippen LogP contribution in [-0.2, 0) is 14.3 Å². The quantitative estimate of drug-likeness (QED) is 0.783. The molecule has 124 valence electrons. The van der Waals surface area contributed by atoms with Crippen LogP contribution in [0.25, 0.3) is 0 Å². The number of carbonyl (C=O) groups excluding carboxylic acids is 2. The van der Waals surface area contributed by atoms with Crippen LogP contribution >= 0.6 is 0 Å². The number of Topliss-reactive ketones (excluding diaryl/α,β-unsaturated/α-hetero) is 1. The van der Waals surface area contributed by atoms with Crippen molar-refractivity contribution in [3.05, 3.63) is 35.4 Å². The standard InChI is InChI=1S/C19H24O4/c1-11-15-9-14(10-16(11)20)19(2,3)23-17(15)12-5-7-13(8-6-12)18(21)22-4/h5-8,11,14-15,17H,9-10H2,1-4H3/t11-,14-,15+,17?/m1/s1. The molecule has 1 aliphatic heterocycles. The van der Waals surface area contributed by atoms with Gasteiger partial charge in [0.1, 0.15) is 5.78 Å². The number of hydrogen-bond donors (Lipinski definition) is 0. The fourth-order valence-electron chi connectivity index (χ4n) is 3.95. The van der Waals surface area contributed by atoms with E-state index in [0.29, 0.717) is 23.7 Å². The molecule has 23 heavy (non-hydrogen) atoms. The van der Waals surface area contributed by atoms with Gasteiger partial charge < -0.3 is 9.47 Å². The van der Waals surface area contributed by atoms with Crippen LogP contribution < -0.4 is 0 Å². The van der Waals surface area contributed by atoms with E-state index < -0.39 is 0 Å². The molecule has 1 saturated carbocycles. The predicted octanol–water partition coefficient (Wildman–Crippen LogP) is 3.55. The van der Waals surface area contributed by atoms with Gasteiger partial charge >= 0.3 is 5.97 Å². The summed E-state index contributed by atoms with van der Waals surface area (Å²) < 4.78 is 11.1. The van der Waals surface area contributed by atoms with Crippen LogP contribution in [0.3, 0.4) is 0 Å². The Balaban J connectivity index is 1.91. The molecule has 2 bridgehead atoms. The summed E-state index contributed by atoms with van der Waals surface area (Å²) in [6, 6.07) is 7.36. The third-order valence-electron chi connectivity index (χ3n) is 5.62. The highest BCUT2D eigenvalue weighted by Crippen LogP contribution is 2.51. The summed E-state index contributed by atoms with van der Waals surface area (Å²) in [7, 11) is 1.37. The van der Waals surface area contributed by atoms with Gasteiger partial charge in [0.15, 0.2) is 0 Å². The summed E-state index contributed by atoms with van der Waals surface area (Å²) in [6.07, 6.45) is 1.54. The second-order valence-corrected chi connectivity index (χ2v) is 7.31. The number of rotatable bonds is 2. The molecular weight excluding hydrogens is 292 g/mol. The van der Waals surface area contributed by atoms with Gasteiger partial charge in [-0.05, 0) is 49.8 Å². The summed E-state index contributed by atoms with van der Waals surface area (Å²) in [5, 5.41) is 0. The molecular formula is C19H24O4. The first-order valence-corrected chi connectivity index (χ1v) is 8.22. The van der Waals surface area contributed by atoms with Crippen LogP contribution in [0.2, 0.25) is 0 Å². The topological polar surface area (TPSA) is 52.6 Å². The Labute approximate surface area is 137 Å². The number of ketones is 1. The second kappa shape index (κ2) is 5.75. The summed E-state index contributed by atoms with van der Waals surface area (Å²) in [6.45, 7) is 6.17. The average Bonchev–Trinajstić information content (AvgIpc) is 2.54. The van der Waals surface area contributed by atoms with Crippen molar-refractivity contribution < 1.29 is 19.1 Å². The normalized spacial score (nSPS) is 32.4. The van der Waals surface area contributed by atoms with Gasteiger partial charge in [0.05, 0.1) is 24.4 Å². The van der Waals surface area contributed by atoms with E-state index in [1.165, 1.54) is 7.11 Å². The summed E-state index contributed by atoms with van der Waals surface area (Å²) >= 11 is 0. The fourth-order valence-corrected chi connectivity index (χ4v) is 3.95. The molecule has 1 aromatic rings. The van der Waals surface area contributed by atoms with Gasteiger partial charge in [-0.25, -0.2) is 4.79 Å². The average molecular weight is 316 g/mol. The van der Waals surface area contributed by atoms with Gasteiger partial charge in [-0.15, -0.1) is 0 Å². The number of fused-ring (bicyclic) bond motifs is 2. The molecule has 0 radical (unpaired) electrons. The van der Waals surface area contributed by atoms with Crippen molar-refractivity contribution >= 4 is 11.8 Å². The lowest BCUT2D eigenvalue weighted by Crippen LogP contribution is -2.51. The minimum atomic E-state index is -0.345. The molecule has 3 rings (SSSR count). The van der Waals surface area contributed by atoms with Crippen molar-refractivity contribution in [1.29, 1.82) is 0 Å². The SMILES string of the molecule is COC(=O)c1ccc(C2OC(C)(C)[C@H]3CC(=O)[C@H](C)[C@@H]2C3)cc1. The Morgan fingerprint density at radius 1 is 1.26 bits per heavy atom. The van der Waals surface area contributed by atoms with Gasteiger partial charge in [0, 0.05) is 12.3 Å². The summed E-state index contributed by atoms with van der Waals surface area (Å²) in [5.41, 5.74) is 1.24. The highest BCUT2D eigenvalue weighted by atomic mass is 16.5. The van der Waals surface area contributed by atoms with E-state index in [1.807, 2.05) is 19.1 Å². The van der Waals surface area contributed by atoms with E-state index in [2.05, 4.69) is 13.8 Å². The fraction of sp³-hybridized carbons (Fsp3) is 0.579. The maximum absolute atomic E-state index is 12.3. The highest BCUT2D eigenvalue weighted by Gasteiger charge is 2.50. The lowest BCUT2D eigenvalue weighted by atomic mass is 9.64. The molecule has 1 aromatic carbocycles. The van der Waals surface area contributed by atoms with Crippen molar-refractivity contribution in [2.24, 2.45) is 17.8 Å². The van der Waals surface area contributed by atoms with E-state index >= 15 is 0 Å². The maximum atomic E-state index is 12.3. The minimum absolute atomic E-state index is 0.0210. The lowest BCUT2D eigenvalue weighted by Gasteiger charge is -2.51. The zero-order valence-corrected chi connectivity index (χ0v) is 14.2. The van der Waals surface area contributed by atoms with Gasteiger partial charge in [0.25, 0.3) is 0 Å². The molecule has 0 N–H and O–H groups in total. The van der Waals surface area contributed by atoms with Crippen molar-refractivity contribution in [1.82, 2.24) is 0 Å². The van der Waals surface area contributed by atoms with E-state index in [1.54, 1.807) is 12.1 Å². The third kappa shape index (κ3) is 2.80. The first kappa shape index (κ1) is 16.2. The number of benzene rings is 1. The molecule has 1 unspecified atom stereocenters. The molecule has 1 aliphatic carbocycles. The Hall–Kier alpha value is -1.68. The number of esters is 1. The summed E-state index contributed by atoms with van der Waals surface area (Å²) in [5.74, 6) is 0.522. The minimum Gasteiger partial charge on any atom is -0.465 e. The van der Waals surface area contributed by atoms with Crippen molar-refractivity contribution in [3.63, 3.8) is 0 Å². The van der Waals surface area contributed by atoms with Gasteiger partial charge in [0.2, 0.25) is 0 Å². The zero-order valence-electron chi connectivity index (χ0n) is 14.2. The van der Waals surface area contributed by atoms with Crippen LogP contribution in [0.4, 0.5) is 0 Å². The van der Waals surface area contributed by atoms with Gasteiger partial charge in [-0.2, -0.15) is 0 Å². The first-order valence-electron chi connectivity index (χ1n) is 8.22. The van der Waals surface area contributed by atoms with Crippen LogP contribution in [0.1, 0.15) is 55.6 Å². The molecule has 1 heterocycles. The van der Waals surface area contributed by atoms with Crippen molar-refractivity contribution in [2.45, 2.75) is 45.3 Å². The molecule has 0 spiro atoms. The smallest absolute Gasteiger partial charge is 0.337 e. The molecule has 4 heteroatoms. The molecule has 0 aromatic heterocycles. The molecule has 2 aliphatic rings. The number of ether oxygens (including phenoxy) is 2. The highest BCUT2D eigenvalue weighted by molar-refractivity contribution is 5.89. The van der Waals surface area contributed by atoms with E-state index in [4.69, 9.17) is 9.47 Å². The third-order valence-corrected chi connectivity index (χ3v) is 5.62.